The van der Waals surface area contributed by atoms with E-state index in [1.165, 1.54) is 19.2 Å². The minimum Gasteiger partial charge on any atom is -0.504 e. The summed E-state index contributed by atoms with van der Waals surface area (Å²) in [5.41, 5.74) is 6.02. The Bertz CT molecular complexity index is 313. The fraction of sp³-hybridized carbons (Fsp3) is 0.333. The van der Waals surface area contributed by atoms with E-state index < -0.39 is 5.82 Å². The molecule has 0 saturated carbocycles. The van der Waals surface area contributed by atoms with Crippen LogP contribution in [0.5, 0.6) is 11.5 Å². The van der Waals surface area contributed by atoms with Crippen LogP contribution in [0.15, 0.2) is 12.1 Å². The molecule has 1 rings (SSSR count). The van der Waals surface area contributed by atoms with Crippen LogP contribution in [-0.4, -0.2) is 12.2 Å². The summed E-state index contributed by atoms with van der Waals surface area (Å²) in [5, 5.41) is 9.50. The van der Waals surface area contributed by atoms with E-state index in [1.54, 1.807) is 6.92 Å². The predicted molar refractivity (Wildman–Crippen MR) is 47.2 cm³/mol. The lowest BCUT2D eigenvalue weighted by Crippen LogP contribution is -2.06. The van der Waals surface area contributed by atoms with Crippen molar-refractivity contribution in [2.24, 2.45) is 5.73 Å². The Labute approximate surface area is 75.9 Å². The molecule has 0 heterocycles. The summed E-state index contributed by atoms with van der Waals surface area (Å²) < 4.78 is 17.7. The molecule has 3 nitrogen and oxygen atoms in total. The van der Waals surface area contributed by atoms with E-state index in [0.717, 1.165) is 0 Å². The van der Waals surface area contributed by atoms with Crippen LogP contribution >= 0.6 is 0 Å². The van der Waals surface area contributed by atoms with Gasteiger partial charge in [-0.1, -0.05) is 6.07 Å². The second-order valence-corrected chi connectivity index (χ2v) is 2.81. The van der Waals surface area contributed by atoms with Crippen LogP contribution in [0.25, 0.3) is 0 Å². The highest BCUT2D eigenvalue weighted by Crippen LogP contribution is 2.34. The molecule has 0 spiro atoms. The van der Waals surface area contributed by atoms with E-state index in [0.29, 0.717) is 5.56 Å². The van der Waals surface area contributed by atoms with E-state index in [2.05, 4.69) is 4.74 Å². The largest absolute Gasteiger partial charge is 0.504 e. The molecule has 72 valence electrons. The summed E-state index contributed by atoms with van der Waals surface area (Å²) in [6, 6.07) is 2.31. The molecule has 4 heteroatoms. The number of halogens is 1. The zero-order valence-corrected chi connectivity index (χ0v) is 7.54. The number of phenolic OH excluding ortho intramolecular Hbond substituents is 1. The van der Waals surface area contributed by atoms with Crippen molar-refractivity contribution in [2.75, 3.05) is 7.11 Å². The first-order valence-corrected chi connectivity index (χ1v) is 3.89. The molecule has 0 bridgehead atoms. The van der Waals surface area contributed by atoms with E-state index in [-0.39, 0.29) is 17.5 Å². The molecule has 1 aromatic rings. The van der Waals surface area contributed by atoms with Crippen LogP contribution in [0.4, 0.5) is 4.39 Å². The zero-order chi connectivity index (χ0) is 10.0. The summed E-state index contributed by atoms with van der Waals surface area (Å²) >= 11 is 0. The Hall–Kier alpha value is -1.29. The Kier molecular flexibility index (Phi) is 2.72. The zero-order valence-electron chi connectivity index (χ0n) is 7.54. The third kappa shape index (κ3) is 1.72. The monoisotopic (exact) mass is 185 g/mol. The van der Waals surface area contributed by atoms with Crippen molar-refractivity contribution in [1.82, 2.24) is 0 Å². The molecule has 0 aliphatic rings. The normalized spacial score (nSPS) is 12.6. The average molecular weight is 185 g/mol. The van der Waals surface area contributed by atoms with Crippen molar-refractivity contribution in [2.45, 2.75) is 13.0 Å². The van der Waals surface area contributed by atoms with Crippen molar-refractivity contribution in [3.63, 3.8) is 0 Å². The lowest BCUT2D eigenvalue weighted by atomic mass is 10.1. The number of ether oxygens (including phenoxy) is 1. The number of benzene rings is 1. The van der Waals surface area contributed by atoms with Crippen LogP contribution < -0.4 is 10.5 Å². The molecule has 0 fully saturated rings. The highest BCUT2D eigenvalue weighted by Gasteiger charge is 2.14. The molecule has 0 radical (unpaired) electrons. The molecule has 1 aromatic carbocycles. The van der Waals surface area contributed by atoms with Gasteiger partial charge < -0.3 is 15.6 Å². The second kappa shape index (κ2) is 3.62. The Morgan fingerprint density at radius 3 is 2.62 bits per heavy atom. The van der Waals surface area contributed by atoms with Gasteiger partial charge in [-0.2, -0.15) is 0 Å². The maximum absolute atomic E-state index is 13.0. The van der Waals surface area contributed by atoms with Gasteiger partial charge in [0, 0.05) is 11.6 Å². The molecule has 0 saturated heterocycles. The van der Waals surface area contributed by atoms with Gasteiger partial charge in [-0.05, 0) is 13.0 Å². The van der Waals surface area contributed by atoms with Crippen LogP contribution in [0, 0.1) is 5.82 Å². The third-order valence-corrected chi connectivity index (χ3v) is 1.81. The van der Waals surface area contributed by atoms with Crippen LogP contribution in [0.2, 0.25) is 0 Å². The molecule has 0 aliphatic carbocycles. The Morgan fingerprint density at radius 2 is 2.15 bits per heavy atom. The van der Waals surface area contributed by atoms with Gasteiger partial charge >= 0.3 is 0 Å². The first-order chi connectivity index (χ1) is 6.07. The lowest BCUT2D eigenvalue weighted by molar-refractivity contribution is 0.347. The van der Waals surface area contributed by atoms with Crippen molar-refractivity contribution in [3.8, 4) is 11.5 Å². The SMILES string of the molecule is COc1c(F)ccc(C(C)N)c1O. The van der Waals surface area contributed by atoms with Crippen molar-refractivity contribution >= 4 is 0 Å². The first kappa shape index (κ1) is 9.80. The molecule has 0 aliphatic heterocycles. The quantitative estimate of drug-likeness (QED) is 0.735. The van der Waals surface area contributed by atoms with E-state index in [4.69, 9.17) is 5.73 Å². The molecule has 1 atom stereocenters. The highest BCUT2D eigenvalue weighted by molar-refractivity contribution is 5.47. The fourth-order valence-electron chi connectivity index (χ4n) is 1.12. The summed E-state index contributed by atoms with van der Waals surface area (Å²) in [6.45, 7) is 1.70. The molecule has 1 unspecified atom stereocenters. The molecular formula is C9H12FNO2. The van der Waals surface area contributed by atoms with Crippen molar-refractivity contribution in [1.29, 1.82) is 0 Å². The van der Waals surface area contributed by atoms with Gasteiger partial charge in [0.15, 0.2) is 17.3 Å². The number of methoxy groups -OCH3 is 1. The maximum atomic E-state index is 13.0. The smallest absolute Gasteiger partial charge is 0.196 e. The molecule has 0 amide bonds. The van der Waals surface area contributed by atoms with Gasteiger partial charge in [0.1, 0.15) is 0 Å². The lowest BCUT2D eigenvalue weighted by Gasteiger charge is -2.11. The number of rotatable bonds is 2. The van der Waals surface area contributed by atoms with Crippen molar-refractivity contribution < 1.29 is 14.2 Å². The first-order valence-electron chi connectivity index (χ1n) is 3.89. The minimum atomic E-state index is -0.593. The highest BCUT2D eigenvalue weighted by atomic mass is 19.1. The van der Waals surface area contributed by atoms with Gasteiger partial charge in [-0.3, -0.25) is 0 Å². The van der Waals surface area contributed by atoms with Gasteiger partial charge in [0.05, 0.1) is 7.11 Å². The predicted octanol–water partition coefficient (Wildman–Crippen LogP) is 1.56. The van der Waals surface area contributed by atoms with E-state index in [9.17, 15) is 9.50 Å². The number of hydrogen-bond acceptors (Lipinski definition) is 3. The number of hydrogen-bond donors (Lipinski definition) is 2. The summed E-state index contributed by atoms with van der Waals surface area (Å²) in [5.74, 6) is -0.975. The van der Waals surface area contributed by atoms with Crippen LogP contribution in [0.3, 0.4) is 0 Å². The average Bonchev–Trinajstić information content (AvgIpc) is 2.04. The number of aromatic hydroxyl groups is 1. The topological polar surface area (TPSA) is 55.5 Å². The molecular weight excluding hydrogens is 173 g/mol. The molecule has 3 N–H and O–H groups in total. The van der Waals surface area contributed by atoms with Crippen LogP contribution in [-0.2, 0) is 0 Å². The third-order valence-electron chi connectivity index (χ3n) is 1.81. The van der Waals surface area contributed by atoms with Gasteiger partial charge in [0.25, 0.3) is 0 Å². The van der Waals surface area contributed by atoms with Gasteiger partial charge in [-0.15, -0.1) is 0 Å². The maximum Gasteiger partial charge on any atom is 0.196 e. The van der Waals surface area contributed by atoms with Gasteiger partial charge in [0.2, 0.25) is 0 Å². The number of phenols is 1. The second-order valence-electron chi connectivity index (χ2n) is 2.81. The fourth-order valence-corrected chi connectivity index (χ4v) is 1.12. The Morgan fingerprint density at radius 1 is 1.54 bits per heavy atom. The molecule has 13 heavy (non-hydrogen) atoms. The van der Waals surface area contributed by atoms with Gasteiger partial charge in [-0.25, -0.2) is 4.39 Å². The van der Waals surface area contributed by atoms with Crippen LogP contribution in [0.1, 0.15) is 18.5 Å². The Balaban J connectivity index is 3.27. The summed E-state index contributed by atoms with van der Waals surface area (Å²) in [6.07, 6.45) is 0. The minimum absolute atomic E-state index is 0.158. The molecule has 0 aromatic heterocycles. The summed E-state index contributed by atoms with van der Waals surface area (Å²) in [4.78, 5) is 0. The standard InChI is InChI=1S/C9H12FNO2/c1-5(11)6-3-4-7(10)9(13-2)8(6)12/h3-5,12H,11H2,1-2H3. The number of nitrogens with two attached hydrogens (primary N) is 1. The van der Waals surface area contributed by atoms with E-state index in [1.807, 2.05) is 0 Å². The van der Waals surface area contributed by atoms with Crippen molar-refractivity contribution in [3.05, 3.63) is 23.5 Å². The summed E-state index contributed by atoms with van der Waals surface area (Å²) in [7, 11) is 1.29. The van der Waals surface area contributed by atoms with E-state index >= 15 is 0 Å².